The summed E-state index contributed by atoms with van der Waals surface area (Å²) in [7, 11) is 2.22. The van der Waals surface area contributed by atoms with Crippen LogP contribution in [0.15, 0.2) is 0 Å². The predicted octanol–water partition coefficient (Wildman–Crippen LogP) is 2.13. The van der Waals surface area contributed by atoms with Gasteiger partial charge in [-0.3, -0.25) is 0 Å². The van der Waals surface area contributed by atoms with E-state index in [1.807, 2.05) is 0 Å². The van der Waals surface area contributed by atoms with E-state index < -0.39 is 0 Å². The van der Waals surface area contributed by atoms with E-state index in [0.717, 1.165) is 12.0 Å². The lowest BCUT2D eigenvalue weighted by atomic mass is 9.86. The fourth-order valence-corrected chi connectivity index (χ4v) is 1.71. The van der Waals surface area contributed by atoms with E-state index >= 15 is 0 Å². The molecule has 1 rings (SSSR count). The molecule has 1 saturated heterocycles. The van der Waals surface area contributed by atoms with Crippen LogP contribution in [-0.4, -0.2) is 24.5 Å². The van der Waals surface area contributed by atoms with E-state index in [2.05, 4.69) is 25.8 Å². The quantitative estimate of drug-likeness (QED) is 0.582. The number of hydrogen-bond acceptors (Lipinski definition) is 1. The van der Waals surface area contributed by atoms with E-state index in [1.54, 1.807) is 0 Å². The zero-order chi connectivity index (χ0) is 7.56. The Balaban J connectivity index is 2.08. The summed E-state index contributed by atoms with van der Waals surface area (Å²) in [5.74, 6) is 1.00. The van der Waals surface area contributed by atoms with Gasteiger partial charge in [0.1, 0.15) is 0 Å². The lowest BCUT2D eigenvalue weighted by Gasteiger charge is -2.44. The fourth-order valence-electron chi connectivity index (χ4n) is 1.71. The molecule has 2 unspecified atom stereocenters. The Kier molecular flexibility index (Phi) is 2.72. The van der Waals surface area contributed by atoms with Crippen LogP contribution in [0.5, 0.6) is 0 Å². The zero-order valence-corrected chi connectivity index (χ0v) is 7.43. The molecule has 1 aliphatic rings. The third-order valence-electron chi connectivity index (χ3n) is 2.83. The van der Waals surface area contributed by atoms with Crippen molar-refractivity contribution in [1.82, 2.24) is 4.90 Å². The van der Waals surface area contributed by atoms with E-state index in [-0.39, 0.29) is 0 Å². The van der Waals surface area contributed by atoms with Gasteiger partial charge in [-0.1, -0.05) is 19.8 Å². The molecule has 0 bridgehead atoms. The molecule has 1 heterocycles. The van der Waals surface area contributed by atoms with Crippen LogP contribution < -0.4 is 0 Å². The summed E-state index contributed by atoms with van der Waals surface area (Å²) in [6.45, 7) is 5.94. The van der Waals surface area contributed by atoms with Gasteiger partial charge in [-0.25, -0.2) is 0 Å². The largest absolute Gasteiger partial charge is 0.303 e. The molecule has 0 aromatic carbocycles. The summed E-state index contributed by atoms with van der Waals surface area (Å²) in [4.78, 5) is 2.43. The average molecular weight is 141 g/mol. The summed E-state index contributed by atoms with van der Waals surface area (Å²) < 4.78 is 0. The molecule has 0 N–H and O–H groups in total. The number of likely N-dealkylation sites (tertiary alicyclic amines) is 1. The van der Waals surface area contributed by atoms with Crippen molar-refractivity contribution >= 4 is 0 Å². The number of hydrogen-bond donors (Lipinski definition) is 0. The molecule has 2 atom stereocenters. The highest BCUT2D eigenvalue weighted by atomic mass is 15.2. The first-order valence-corrected chi connectivity index (χ1v) is 4.46. The van der Waals surface area contributed by atoms with Gasteiger partial charge in [0.25, 0.3) is 0 Å². The van der Waals surface area contributed by atoms with E-state index in [4.69, 9.17) is 0 Å². The summed E-state index contributed by atoms with van der Waals surface area (Å²) >= 11 is 0. The summed E-state index contributed by atoms with van der Waals surface area (Å²) in [5, 5.41) is 0. The van der Waals surface area contributed by atoms with Crippen molar-refractivity contribution in [1.29, 1.82) is 0 Å². The summed E-state index contributed by atoms with van der Waals surface area (Å²) in [6.07, 6.45) is 4.22. The van der Waals surface area contributed by atoms with Crippen molar-refractivity contribution in [2.45, 2.75) is 39.2 Å². The van der Waals surface area contributed by atoms with Gasteiger partial charge < -0.3 is 4.90 Å². The molecule has 60 valence electrons. The van der Waals surface area contributed by atoms with Gasteiger partial charge in [0.05, 0.1) is 0 Å². The van der Waals surface area contributed by atoms with Crippen LogP contribution in [0.25, 0.3) is 0 Å². The highest BCUT2D eigenvalue weighted by molar-refractivity contribution is 4.85. The second kappa shape index (κ2) is 3.38. The van der Waals surface area contributed by atoms with Crippen molar-refractivity contribution in [2.75, 3.05) is 13.6 Å². The zero-order valence-electron chi connectivity index (χ0n) is 7.43. The molecular weight excluding hydrogens is 122 g/mol. The molecule has 1 fully saturated rings. The monoisotopic (exact) mass is 141 g/mol. The van der Waals surface area contributed by atoms with Crippen LogP contribution in [-0.2, 0) is 0 Å². The lowest BCUT2D eigenvalue weighted by molar-refractivity contribution is 0.0479. The third-order valence-corrected chi connectivity index (χ3v) is 2.83. The van der Waals surface area contributed by atoms with Crippen molar-refractivity contribution in [3.63, 3.8) is 0 Å². The molecular formula is C9H19N. The number of rotatable bonds is 3. The standard InChI is InChI=1S/C9H19N/c1-4-5-6-9-7-10(3)8(9)2/h8-9H,4-7H2,1-3H3. The number of unbranched alkanes of at least 4 members (excludes halogenated alkanes) is 1. The van der Waals surface area contributed by atoms with Gasteiger partial charge >= 0.3 is 0 Å². The number of nitrogens with zero attached hydrogens (tertiary/aromatic N) is 1. The molecule has 0 aliphatic carbocycles. The lowest BCUT2D eigenvalue weighted by Crippen LogP contribution is -2.51. The molecule has 0 aromatic heterocycles. The Morgan fingerprint density at radius 1 is 1.50 bits per heavy atom. The first-order valence-electron chi connectivity index (χ1n) is 4.46. The van der Waals surface area contributed by atoms with Gasteiger partial charge in [-0.05, 0) is 26.3 Å². The topological polar surface area (TPSA) is 3.24 Å². The Hall–Kier alpha value is -0.0400. The third kappa shape index (κ3) is 1.51. The van der Waals surface area contributed by atoms with Gasteiger partial charge in [-0.2, -0.15) is 0 Å². The van der Waals surface area contributed by atoms with E-state index in [1.165, 1.54) is 25.8 Å². The van der Waals surface area contributed by atoms with E-state index in [9.17, 15) is 0 Å². The SMILES string of the molecule is CCCCC1CN(C)C1C. The highest BCUT2D eigenvalue weighted by Crippen LogP contribution is 2.26. The summed E-state index contributed by atoms with van der Waals surface area (Å²) in [5.41, 5.74) is 0. The van der Waals surface area contributed by atoms with Crippen LogP contribution in [0.1, 0.15) is 33.1 Å². The van der Waals surface area contributed by atoms with Crippen LogP contribution in [0.2, 0.25) is 0 Å². The Labute approximate surface area is 64.4 Å². The minimum Gasteiger partial charge on any atom is -0.303 e. The van der Waals surface area contributed by atoms with Crippen LogP contribution in [0.4, 0.5) is 0 Å². The Morgan fingerprint density at radius 2 is 2.20 bits per heavy atom. The van der Waals surface area contributed by atoms with Crippen LogP contribution >= 0.6 is 0 Å². The predicted molar refractivity (Wildman–Crippen MR) is 45.1 cm³/mol. The Morgan fingerprint density at radius 3 is 2.60 bits per heavy atom. The molecule has 1 aliphatic heterocycles. The Bertz CT molecular complexity index is 101. The highest BCUT2D eigenvalue weighted by Gasteiger charge is 2.30. The molecule has 0 radical (unpaired) electrons. The van der Waals surface area contributed by atoms with Gasteiger partial charge in [0, 0.05) is 12.6 Å². The van der Waals surface area contributed by atoms with Gasteiger partial charge in [0.2, 0.25) is 0 Å². The van der Waals surface area contributed by atoms with Crippen molar-refractivity contribution in [3.8, 4) is 0 Å². The molecule has 0 aromatic rings. The van der Waals surface area contributed by atoms with E-state index in [0.29, 0.717) is 0 Å². The summed E-state index contributed by atoms with van der Waals surface area (Å²) in [6, 6.07) is 0.853. The molecule has 0 amide bonds. The first kappa shape index (κ1) is 8.06. The fraction of sp³-hybridized carbons (Fsp3) is 1.00. The van der Waals surface area contributed by atoms with Crippen LogP contribution in [0, 0.1) is 5.92 Å². The molecule has 0 saturated carbocycles. The average Bonchev–Trinajstić information content (AvgIpc) is 1.97. The van der Waals surface area contributed by atoms with Crippen molar-refractivity contribution in [2.24, 2.45) is 5.92 Å². The maximum absolute atomic E-state index is 2.43. The maximum Gasteiger partial charge on any atom is 0.0104 e. The van der Waals surface area contributed by atoms with Crippen molar-refractivity contribution in [3.05, 3.63) is 0 Å². The second-order valence-electron chi connectivity index (χ2n) is 3.58. The minimum absolute atomic E-state index is 0.853. The normalized spacial score (nSPS) is 33.9. The maximum atomic E-state index is 2.43. The molecule has 1 heteroatoms. The molecule has 1 nitrogen and oxygen atoms in total. The van der Waals surface area contributed by atoms with Gasteiger partial charge in [-0.15, -0.1) is 0 Å². The minimum atomic E-state index is 0.853. The van der Waals surface area contributed by atoms with Crippen LogP contribution in [0.3, 0.4) is 0 Å². The van der Waals surface area contributed by atoms with Crippen molar-refractivity contribution < 1.29 is 0 Å². The second-order valence-corrected chi connectivity index (χ2v) is 3.58. The molecule has 10 heavy (non-hydrogen) atoms. The van der Waals surface area contributed by atoms with Gasteiger partial charge in [0.15, 0.2) is 0 Å². The molecule has 0 spiro atoms. The first-order chi connectivity index (χ1) is 4.75. The smallest absolute Gasteiger partial charge is 0.0104 e.